The van der Waals surface area contributed by atoms with Gasteiger partial charge in [0.05, 0.1) is 25.4 Å². The number of nitrogens with one attached hydrogen (secondary N) is 1. The maximum Gasteiger partial charge on any atom is 0.173 e. The summed E-state index contributed by atoms with van der Waals surface area (Å²) >= 11 is 3.46. The van der Waals surface area contributed by atoms with E-state index in [9.17, 15) is 0 Å². The van der Waals surface area contributed by atoms with Gasteiger partial charge in [-0.1, -0.05) is 15.9 Å². The third-order valence-corrected chi connectivity index (χ3v) is 3.43. The number of methoxy groups -OCH3 is 2. The Morgan fingerprint density at radius 2 is 2.14 bits per heavy atom. The van der Waals surface area contributed by atoms with Gasteiger partial charge in [0.25, 0.3) is 0 Å². The number of nitrogens with zero attached hydrogens (tertiary/aromatic N) is 4. The van der Waals surface area contributed by atoms with Gasteiger partial charge < -0.3 is 14.8 Å². The number of hydrogen-bond acceptors (Lipinski definition) is 6. The van der Waals surface area contributed by atoms with Crippen LogP contribution in [0.2, 0.25) is 0 Å². The van der Waals surface area contributed by atoms with Crippen molar-refractivity contribution in [2.24, 2.45) is 0 Å². The fraction of sp³-hybridized carbons (Fsp3) is 0.462. The van der Waals surface area contributed by atoms with Gasteiger partial charge in [0.15, 0.2) is 5.82 Å². The van der Waals surface area contributed by atoms with E-state index < -0.39 is 0 Å². The zero-order chi connectivity index (χ0) is 15.2. The summed E-state index contributed by atoms with van der Waals surface area (Å²) in [7, 11) is 3.30. The second kappa shape index (κ2) is 7.48. The first-order valence-electron chi connectivity index (χ1n) is 6.51. The molecule has 0 saturated carbocycles. The highest BCUT2D eigenvalue weighted by Crippen LogP contribution is 2.24. The van der Waals surface area contributed by atoms with Gasteiger partial charge >= 0.3 is 0 Å². The van der Waals surface area contributed by atoms with Crippen LogP contribution in [0.1, 0.15) is 18.8 Å². The van der Waals surface area contributed by atoms with Crippen LogP contribution in [0.15, 0.2) is 22.7 Å². The molecule has 1 unspecified atom stereocenters. The first-order valence-corrected chi connectivity index (χ1v) is 7.30. The Bertz CT molecular complexity index is 590. The lowest BCUT2D eigenvalue weighted by Crippen LogP contribution is -2.25. The molecule has 7 nitrogen and oxygen atoms in total. The molecule has 0 fully saturated rings. The molecule has 0 spiro atoms. The highest BCUT2D eigenvalue weighted by atomic mass is 79.9. The van der Waals surface area contributed by atoms with Gasteiger partial charge in [-0.15, -0.1) is 5.10 Å². The summed E-state index contributed by atoms with van der Waals surface area (Å²) in [6.45, 7) is 3.37. The van der Waals surface area contributed by atoms with Crippen LogP contribution in [-0.2, 0) is 4.74 Å². The molecule has 8 heteroatoms. The van der Waals surface area contributed by atoms with Crippen molar-refractivity contribution in [2.45, 2.75) is 13.0 Å². The predicted molar refractivity (Wildman–Crippen MR) is 81.7 cm³/mol. The largest absolute Gasteiger partial charge is 0.497 e. The van der Waals surface area contributed by atoms with E-state index in [1.165, 1.54) is 0 Å². The lowest BCUT2D eigenvalue weighted by molar-refractivity contribution is 0.196. The fourth-order valence-electron chi connectivity index (χ4n) is 1.90. The second-order valence-electron chi connectivity index (χ2n) is 4.47. The van der Waals surface area contributed by atoms with E-state index >= 15 is 0 Å². The second-order valence-corrected chi connectivity index (χ2v) is 5.38. The van der Waals surface area contributed by atoms with Gasteiger partial charge in [-0.05, 0) is 29.5 Å². The monoisotopic (exact) mass is 355 g/mol. The van der Waals surface area contributed by atoms with Crippen molar-refractivity contribution in [3.8, 4) is 11.4 Å². The Morgan fingerprint density at radius 1 is 1.33 bits per heavy atom. The number of aromatic nitrogens is 4. The van der Waals surface area contributed by atoms with E-state index in [-0.39, 0.29) is 6.04 Å². The molecule has 21 heavy (non-hydrogen) atoms. The highest BCUT2D eigenvalue weighted by molar-refractivity contribution is 9.10. The summed E-state index contributed by atoms with van der Waals surface area (Å²) in [5, 5.41) is 15.2. The molecule has 1 aromatic carbocycles. The molecule has 1 heterocycles. The lowest BCUT2D eigenvalue weighted by Gasteiger charge is -2.14. The Balaban J connectivity index is 2.25. The van der Waals surface area contributed by atoms with Crippen LogP contribution in [0.3, 0.4) is 0 Å². The maximum absolute atomic E-state index is 5.27. The van der Waals surface area contributed by atoms with Crippen LogP contribution in [0.25, 0.3) is 5.69 Å². The summed E-state index contributed by atoms with van der Waals surface area (Å²) in [6.07, 6.45) is 0. The molecule has 0 aliphatic heterocycles. The van der Waals surface area contributed by atoms with Crippen LogP contribution in [0, 0.1) is 0 Å². The van der Waals surface area contributed by atoms with Crippen molar-refractivity contribution in [1.29, 1.82) is 0 Å². The van der Waals surface area contributed by atoms with Gasteiger partial charge in [0.2, 0.25) is 0 Å². The average molecular weight is 356 g/mol. The predicted octanol–water partition coefficient (Wildman–Crippen LogP) is 1.73. The molecule has 1 aromatic heterocycles. The molecule has 0 aliphatic rings. The van der Waals surface area contributed by atoms with Crippen LogP contribution in [0.4, 0.5) is 0 Å². The molecule has 2 aromatic rings. The zero-order valence-corrected chi connectivity index (χ0v) is 13.8. The van der Waals surface area contributed by atoms with Gasteiger partial charge in [0.1, 0.15) is 5.75 Å². The third kappa shape index (κ3) is 3.99. The minimum absolute atomic E-state index is 0.000117. The summed E-state index contributed by atoms with van der Waals surface area (Å²) in [5.74, 6) is 1.46. The smallest absolute Gasteiger partial charge is 0.173 e. The van der Waals surface area contributed by atoms with Crippen molar-refractivity contribution in [1.82, 2.24) is 25.5 Å². The fourth-order valence-corrected chi connectivity index (χ4v) is 2.36. The molecule has 1 N–H and O–H groups in total. The average Bonchev–Trinajstić information content (AvgIpc) is 2.96. The molecule has 0 aliphatic carbocycles. The van der Waals surface area contributed by atoms with Crippen molar-refractivity contribution in [3.05, 3.63) is 28.5 Å². The van der Waals surface area contributed by atoms with Crippen molar-refractivity contribution >= 4 is 15.9 Å². The Morgan fingerprint density at radius 3 is 2.86 bits per heavy atom. The molecular weight excluding hydrogens is 338 g/mol. The van der Waals surface area contributed by atoms with Gasteiger partial charge in [-0.25, -0.2) is 0 Å². The highest BCUT2D eigenvalue weighted by Gasteiger charge is 2.16. The number of hydrogen-bond donors (Lipinski definition) is 1. The summed E-state index contributed by atoms with van der Waals surface area (Å²) < 4.78 is 12.9. The first-order chi connectivity index (χ1) is 10.2. The van der Waals surface area contributed by atoms with E-state index in [4.69, 9.17) is 9.47 Å². The number of rotatable bonds is 7. The SMILES string of the molecule is COCCNC(C)c1nnnn1-c1cc(Br)cc(OC)c1. The summed E-state index contributed by atoms with van der Waals surface area (Å²) in [6, 6.07) is 5.70. The van der Waals surface area contributed by atoms with Crippen LogP contribution in [0.5, 0.6) is 5.75 Å². The third-order valence-electron chi connectivity index (χ3n) is 2.97. The topological polar surface area (TPSA) is 74.1 Å². The summed E-state index contributed by atoms with van der Waals surface area (Å²) in [4.78, 5) is 0. The molecule has 0 bridgehead atoms. The minimum Gasteiger partial charge on any atom is -0.497 e. The standard InChI is InChI=1S/C13H18BrN5O2/c1-9(15-4-5-20-2)13-16-17-18-19(13)11-6-10(14)7-12(8-11)21-3/h6-9,15H,4-5H2,1-3H3. The Kier molecular flexibility index (Phi) is 5.66. The molecule has 2 rings (SSSR count). The molecule has 0 radical (unpaired) electrons. The molecular formula is C13H18BrN5O2. The first kappa shape index (κ1) is 15.9. The molecule has 0 amide bonds. The molecule has 1 atom stereocenters. The normalized spacial score (nSPS) is 12.4. The summed E-state index contributed by atoms with van der Waals surface area (Å²) in [5.41, 5.74) is 0.835. The van der Waals surface area contributed by atoms with Crippen molar-refractivity contribution < 1.29 is 9.47 Å². The van der Waals surface area contributed by atoms with Gasteiger partial charge in [-0.3, -0.25) is 0 Å². The van der Waals surface area contributed by atoms with Gasteiger partial charge in [0, 0.05) is 24.2 Å². The number of halogens is 1. The molecule has 114 valence electrons. The van der Waals surface area contributed by atoms with Crippen LogP contribution >= 0.6 is 15.9 Å². The van der Waals surface area contributed by atoms with E-state index in [1.54, 1.807) is 18.9 Å². The van der Waals surface area contributed by atoms with E-state index in [0.29, 0.717) is 6.61 Å². The quantitative estimate of drug-likeness (QED) is 0.762. The van der Waals surface area contributed by atoms with E-state index in [2.05, 4.69) is 36.8 Å². The Hall–Kier alpha value is -1.51. The van der Waals surface area contributed by atoms with E-state index in [1.807, 2.05) is 25.1 Å². The van der Waals surface area contributed by atoms with Crippen LogP contribution < -0.4 is 10.1 Å². The maximum atomic E-state index is 5.27. The van der Waals surface area contributed by atoms with Crippen molar-refractivity contribution in [2.75, 3.05) is 27.4 Å². The number of benzene rings is 1. The van der Waals surface area contributed by atoms with Crippen molar-refractivity contribution in [3.63, 3.8) is 0 Å². The Labute approximate surface area is 131 Å². The van der Waals surface area contributed by atoms with E-state index in [0.717, 1.165) is 28.3 Å². The number of ether oxygens (including phenoxy) is 2. The van der Waals surface area contributed by atoms with Crippen LogP contribution in [-0.4, -0.2) is 47.6 Å². The zero-order valence-electron chi connectivity index (χ0n) is 12.2. The number of tetrazole rings is 1. The lowest BCUT2D eigenvalue weighted by atomic mass is 10.2. The van der Waals surface area contributed by atoms with Gasteiger partial charge in [-0.2, -0.15) is 4.68 Å². The molecule has 0 saturated heterocycles. The minimum atomic E-state index is 0.000117.